The lowest BCUT2D eigenvalue weighted by molar-refractivity contribution is 0.0703. The van der Waals surface area contributed by atoms with Crippen molar-refractivity contribution in [3.05, 3.63) is 63.4 Å². The van der Waals surface area contributed by atoms with Crippen molar-refractivity contribution in [3.8, 4) is 5.75 Å². The summed E-state index contributed by atoms with van der Waals surface area (Å²) in [6.45, 7) is 1.86. The van der Waals surface area contributed by atoms with Crippen molar-refractivity contribution in [2.24, 2.45) is 0 Å². The summed E-state index contributed by atoms with van der Waals surface area (Å²) >= 11 is 2.17. The molecule has 3 aromatic rings. The number of rotatable bonds is 2. The third-order valence-corrected chi connectivity index (χ3v) is 3.71. The normalized spacial score (nSPS) is 10.7. The van der Waals surface area contributed by atoms with Crippen LogP contribution in [0.4, 0.5) is 0 Å². The van der Waals surface area contributed by atoms with Gasteiger partial charge in [-0.15, -0.1) is 0 Å². The van der Waals surface area contributed by atoms with Crippen LogP contribution in [0, 0.1) is 10.5 Å². The Hall–Kier alpha value is -1.82. The molecule has 0 unspecified atom stereocenters. The van der Waals surface area contributed by atoms with Crippen molar-refractivity contribution < 1.29 is 13.9 Å². The Morgan fingerprint density at radius 3 is 2.70 bits per heavy atom. The smallest absolute Gasteiger partial charge is 0.379 e. The van der Waals surface area contributed by atoms with Crippen LogP contribution in [0.5, 0.6) is 5.75 Å². The number of carbonyl (C=O) groups is 1. The van der Waals surface area contributed by atoms with Crippen LogP contribution in [-0.4, -0.2) is 5.97 Å². The van der Waals surface area contributed by atoms with Crippen LogP contribution in [-0.2, 0) is 0 Å². The lowest BCUT2D eigenvalue weighted by Gasteiger charge is -2.03. The van der Waals surface area contributed by atoms with Crippen molar-refractivity contribution in [1.82, 2.24) is 0 Å². The predicted octanol–water partition coefficient (Wildman–Crippen LogP) is 4.57. The second-order valence-corrected chi connectivity index (χ2v) is 5.64. The van der Waals surface area contributed by atoms with Gasteiger partial charge in [-0.3, -0.25) is 0 Å². The van der Waals surface area contributed by atoms with Gasteiger partial charge in [0.2, 0.25) is 5.76 Å². The summed E-state index contributed by atoms with van der Waals surface area (Å²) in [6, 6.07) is 14.9. The van der Waals surface area contributed by atoms with E-state index in [2.05, 4.69) is 22.6 Å². The highest BCUT2D eigenvalue weighted by Gasteiger charge is 2.19. The zero-order valence-electron chi connectivity index (χ0n) is 10.7. The fourth-order valence-corrected chi connectivity index (χ4v) is 2.57. The summed E-state index contributed by atoms with van der Waals surface area (Å²) < 4.78 is 11.9. The van der Waals surface area contributed by atoms with Crippen molar-refractivity contribution in [2.45, 2.75) is 6.92 Å². The maximum atomic E-state index is 12.2. The van der Waals surface area contributed by atoms with E-state index in [1.807, 2.05) is 43.3 Å². The van der Waals surface area contributed by atoms with Crippen LogP contribution in [0.25, 0.3) is 11.0 Å². The summed E-state index contributed by atoms with van der Waals surface area (Å²) in [7, 11) is 0. The Morgan fingerprint density at radius 2 is 1.95 bits per heavy atom. The fourth-order valence-electron chi connectivity index (χ4n) is 2.05. The van der Waals surface area contributed by atoms with E-state index < -0.39 is 5.97 Å². The van der Waals surface area contributed by atoms with Gasteiger partial charge in [0.25, 0.3) is 0 Å². The molecule has 0 aliphatic rings. The van der Waals surface area contributed by atoms with Crippen molar-refractivity contribution in [2.75, 3.05) is 0 Å². The molecule has 0 saturated carbocycles. The van der Waals surface area contributed by atoms with Crippen molar-refractivity contribution in [3.63, 3.8) is 0 Å². The van der Waals surface area contributed by atoms with Gasteiger partial charge in [0.05, 0.1) is 0 Å². The third-order valence-electron chi connectivity index (χ3n) is 3.04. The molecular weight excluding hydrogens is 367 g/mol. The lowest BCUT2D eigenvalue weighted by atomic mass is 10.1. The average molecular weight is 378 g/mol. The summed E-state index contributed by atoms with van der Waals surface area (Å²) in [5.41, 5.74) is 1.50. The van der Waals surface area contributed by atoms with E-state index >= 15 is 0 Å². The van der Waals surface area contributed by atoms with Crippen molar-refractivity contribution >= 4 is 39.5 Å². The monoisotopic (exact) mass is 378 g/mol. The molecule has 0 saturated heterocycles. The first-order valence-electron chi connectivity index (χ1n) is 6.11. The standard InChI is InChI=1S/C16H11IO3/c1-10-13-7-2-3-8-14(13)20-15(10)16(18)19-12-6-4-5-11(17)9-12/h2-9H,1H3. The highest BCUT2D eigenvalue weighted by molar-refractivity contribution is 14.1. The molecule has 0 spiro atoms. The molecule has 0 fully saturated rings. The van der Waals surface area contributed by atoms with E-state index in [4.69, 9.17) is 9.15 Å². The Bertz CT molecular complexity index is 789. The topological polar surface area (TPSA) is 39.4 Å². The summed E-state index contributed by atoms with van der Waals surface area (Å²) in [5.74, 6) is 0.299. The third kappa shape index (κ3) is 2.43. The Balaban J connectivity index is 1.95. The van der Waals surface area contributed by atoms with E-state index in [0.717, 1.165) is 14.5 Å². The van der Waals surface area contributed by atoms with Crippen LogP contribution in [0.3, 0.4) is 0 Å². The molecule has 0 atom stereocenters. The summed E-state index contributed by atoms with van der Waals surface area (Å²) in [4.78, 5) is 12.2. The zero-order valence-corrected chi connectivity index (χ0v) is 12.9. The molecule has 0 radical (unpaired) electrons. The van der Waals surface area contributed by atoms with Gasteiger partial charge in [-0.2, -0.15) is 0 Å². The van der Waals surface area contributed by atoms with Crippen LogP contribution in [0.1, 0.15) is 16.1 Å². The number of esters is 1. The zero-order chi connectivity index (χ0) is 14.1. The van der Waals surface area contributed by atoms with Crippen LogP contribution in [0.2, 0.25) is 0 Å². The largest absolute Gasteiger partial charge is 0.449 e. The maximum Gasteiger partial charge on any atom is 0.379 e. The first-order valence-corrected chi connectivity index (χ1v) is 7.19. The van der Waals surface area contributed by atoms with Crippen LogP contribution in [0.15, 0.2) is 52.9 Å². The molecule has 0 N–H and O–H groups in total. The van der Waals surface area contributed by atoms with Crippen LogP contribution >= 0.6 is 22.6 Å². The highest BCUT2D eigenvalue weighted by atomic mass is 127. The van der Waals surface area contributed by atoms with Gasteiger partial charge in [-0.1, -0.05) is 24.3 Å². The average Bonchev–Trinajstić information content (AvgIpc) is 2.77. The Kier molecular flexibility index (Phi) is 3.48. The van der Waals surface area contributed by atoms with E-state index in [-0.39, 0.29) is 5.76 Å². The molecule has 2 aromatic carbocycles. The van der Waals surface area contributed by atoms with Gasteiger partial charge in [0.15, 0.2) is 0 Å². The summed E-state index contributed by atoms with van der Waals surface area (Å²) in [5, 5.41) is 0.932. The van der Waals surface area contributed by atoms with Crippen molar-refractivity contribution in [1.29, 1.82) is 0 Å². The predicted molar refractivity (Wildman–Crippen MR) is 85.1 cm³/mol. The minimum absolute atomic E-state index is 0.255. The number of carbonyl (C=O) groups excluding carboxylic acids is 1. The van der Waals surface area contributed by atoms with Gasteiger partial charge < -0.3 is 9.15 Å². The molecule has 1 aromatic heterocycles. The molecular formula is C16H11IO3. The number of halogens is 1. The first-order chi connectivity index (χ1) is 9.65. The van der Waals surface area contributed by atoms with Crippen LogP contribution < -0.4 is 4.74 Å². The Labute approximate surface area is 129 Å². The second kappa shape index (κ2) is 5.28. The van der Waals surface area contributed by atoms with E-state index in [9.17, 15) is 4.79 Å². The lowest BCUT2D eigenvalue weighted by Crippen LogP contribution is -2.08. The maximum absolute atomic E-state index is 12.2. The SMILES string of the molecule is Cc1c(C(=O)Oc2cccc(I)c2)oc2ccccc12. The minimum Gasteiger partial charge on any atom is -0.449 e. The fraction of sp³-hybridized carbons (Fsp3) is 0.0625. The molecule has 0 amide bonds. The molecule has 0 aliphatic heterocycles. The number of hydrogen-bond donors (Lipinski definition) is 0. The van der Waals surface area contributed by atoms with E-state index in [1.165, 1.54) is 0 Å². The molecule has 0 aliphatic carbocycles. The minimum atomic E-state index is -0.472. The molecule has 4 heteroatoms. The number of ether oxygens (including phenoxy) is 1. The number of hydrogen-bond acceptors (Lipinski definition) is 3. The second-order valence-electron chi connectivity index (χ2n) is 4.40. The molecule has 1 heterocycles. The van der Waals surface area contributed by atoms with Gasteiger partial charge >= 0.3 is 5.97 Å². The summed E-state index contributed by atoms with van der Waals surface area (Å²) in [6.07, 6.45) is 0. The number of furan rings is 1. The molecule has 3 nitrogen and oxygen atoms in total. The number of benzene rings is 2. The van der Waals surface area contributed by atoms with Gasteiger partial charge in [0, 0.05) is 14.5 Å². The van der Waals surface area contributed by atoms with Gasteiger partial charge in [0.1, 0.15) is 11.3 Å². The quantitative estimate of drug-likeness (QED) is 0.373. The number of fused-ring (bicyclic) bond motifs is 1. The molecule has 3 rings (SSSR count). The Morgan fingerprint density at radius 1 is 1.15 bits per heavy atom. The van der Waals surface area contributed by atoms with Gasteiger partial charge in [-0.05, 0) is 53.8 Å². The highest BCUT2D eigenvalue weighted by Crippen LogP contribution is 2.26. The molecule has 20 heavy (non-hydrogen) atoms. The van der Waals surface area contributed by atoms with E-state index in [0.29, 0.717) is 11.3 Å². The van der Waals surface area contributed by atoms with E-state index in [1.54, 1.807) is 12.1 Å². The first kappa shape index (κ1) is 13.2. The molecule has 100 valence electrons. The van der Waals surface area contributed by atoms with Gasteiger partial charge in [-0.25, -0.2) is 4.79 Å². The number of para-hydroxylation sites is 1. The molecule has 0 bridgehead atoms. The number of aryl methyl sites for hydroxylation is 1.